The fourth-order valence-corrected chi connectivity index (χ4v) is 3.79. The second-order valence-corrected chi connectivity index (χ2v) is 8.51. The zero-order valence-electron chi connectivity index (χ0n) is 17.9. The molecule has 0 aliphatic carbocycles. The molecule has 0 bridgehead atoms. The van der Waals surface area contributed by atoms with Crippen molar-refractivity contribution in [1.82, 2.24) is 24.9 Å². The lowest BCUT2D eigenvalue weighted by Gasteiger charge is -2.21. The minimum Gasteiger partial charge on any atom is -0.490 e. The molecule has 8 heteroatoms. The summed E-state index contributed by atoms with van der Waals surface area (Å²) < 4.78 is 9.89. The van der Waals surface area contributed by atoms with Crippen molar-refractivity contribution in [1.29, 1.82) is 5.26 Å². The standard InChI is InChI=1S/C22H26N6O2/c1-13-21-18(26-27(13)5)6-15(17-10-25-28(11-17)22(3,4)12-23)7-19(21)30-14(2)16-8-20(29)24-9-16/h6-7,10-11,14,16H,8-9H2,1-5H3,(H,24,29). The maximum absolute atomic E-state index is 11.6. The van der Waals surface area contributed by atoms with Crippen LogP contribution >= 0.6 is 0 Å². The Morgan fingerprint density at radius 1 is 1.37 bits per heavy atom. The molecule has 1 fully saturated rings. The number of aromatic nitrogens is 4. The molecule has 0 saturated carbocycles. The van der Waals surface area contributed by atoms with E-state index in [1.54, 1.807) is 10.9 Å². The molecule has 2 aromatic heterocycles. The van der Waals surface area contributed by atoms with Crippen LogP contribution in [0.2, 0.25) is 0 Å². The summed E-state index contributed by atoms with van der Waals surface area (Å²) in [5, 5.41) is 22.3. The average Bonchev–Trinajstić information content (AvgIpc) is 3.42. The fraction of sp³-hybridized carbons (Fsp3) is 0.455. The first-order chi connectivity index (χ1) is 14.2. The van der Waals surface area contributed by atoms with Crippen LogP contribution in [0.25, 0.3) is 22.0 Å². The van der Waals surface area contributed by atoms with E-state index in [1.807, 2.05) is 57.8 Å². The number of amides is 1. The molecule has 1 aromatic carbocycles. The molecular formula is C22H26N6O2. The Bertz CT molecular complexity index is 1170. The van der Waals surface area contributed by atoms with E-state index in [2.05, 4.69) is 21.6 Å². The highest BCUT2D eigenvalue weighted by atomic mass is 16.5. The largest absolute Gasteiger partial charge is 0.490 e. The number of aryl methyl sites for hydroxylation is 2. The van der Waals surface area contributed by atoms with E-state index in [4.69, 9.17) is 4.74 Å². The molecule has 1 aliphatic rings. The highest BCUT2D eigenvalue weighted by Gasteiger charge is 2.29. The van der Waals surface area contributed by atoms with E-state index < -0.39 is 5.54 Å². The minimum atomic E-state index is -0.736. The van der Waals surface area contributed by atoms with Gasteiger partial charge in [-0.3, -0.25) is 14.2 Å². The van der Waals surface area contributed by atoms with Crippen molar-refractivity contribution in [2.45, 2.75) is 45.8 Å². The lowest BCUT2D eigenvalue weighted by Crippen LogP contribution is -2.25. The van der Waals surface area contributed by atoms with Crippen LogP contribution in [0.5, 0.6) is 5.75 Å². The van der Waals surface area contributed by atoms with Crippen LogP contribution in [0.3, 0.4) is 0 Å². The second kappa shape index (κ2) is 7.17. The van der Waals surface area contributed by atoms with Gasteiger partial charge < -0.3 is 10.1 Å². The van der Waals surface area contributed by atoms with Crippen LogP contribution in [0.1, 0.15) is 32.9 Å². The summed E-state index contributed by atoms with van der Waals surface area (Å²) in [5.41, 5.74) is 2.92. The Kier molecular flexibility index (Phi) is 4.77. The van der Waals surface area contributed by atoms with Gasteiger partial charge in [0.1, 0.15) is 17.4 Å². The van der Waals surface area contributed by atoms with Crippen molar-refractivity contribution in [2.75, 3.05) is 6.54 Å². The van der Waals surface area contributed by atoms with Gasteiger partial charge in [-0.2, -0.15) is 15.5 Å². The molecule has 8 nitrogen and oxygen atoms in total. The molecular weight excluding hydrogens is 380 g/mol. The molecule has 2 atom stereocenters. The summed E-state index contributed by atoms with van der Waals surface area (Å²) in [4.78, 5) is 11.6. The van der Waals surface area contributed by atoms with E-state index in [-0.39, 0.29) is 17.9 Å². The monoisotopic (exact) mass is 406 g/mol. The maximum atomic E-state index is 11.6. The van der Waals surface area contributed by atoms with Gasteiger partial charge in [0.05, 0.1) is 23.2 Å². The van der Waals surface area contributed by atoms with E-state index >= 15 is 0 Å². The first kappa shape index (κ1) is 20.0. The van der Waals surface area contributed by atoms with Gasteiger partial charge in [-0.25, -0.2) is 0 Å². The Morgan fingerprint density at radius 3 is 2.80 bits per heavy atom. The molecule has 156 valence electrons. The Labute approximate surface area is 175 Å². The number of benzene rings is 1. The zero-order valence-corrected chi connectivity index (χ0v) is 17.9. The molecule has 1 N–H and O–H groups in total. The summed E-state index contributed by atoms with van der Waals surface area (Å²) in [7, 11) is 1.91. The summed E-state index contributed by atoms with van der Waals surface area (Å²) in [5.74, 6) is 0.944. The first-order valence-electron chi connectivity index (χ1n) is 10.1. The summed E-state index contributed by atoms with van der Waals surface area (Å²) in [6, 6.07) is 6.28. The Hall–Kier alpha value is -3.34. The van der Waals surface area contributed by atoms with Gasteiger partial charge in [-0.15, -0.1) is 0 Å². The number of hydrogen-bond acceptors (Lipinski definition) is 5. The third-order valence-electron chi connectivity index (χ3n) is 5.93. The van der Waals surface area contributed by atoms with Gasteiger partial charge in [0.25, 0.3) is 0 Å². The molecule has 1 aliphatic heterocycles. The maximum Gasteiger partial charge on any atom is 0.220 e. The number of hydrogen-bond donors (Lipinski definition) is 1. The molecule has 1 amide bonds. The van der Waals surface area contributed by atoms with Crippen molar-refractivity contribution in [3.8, 4) is 22.9 Å². The highest BCUT2D eigenvalue weighted by Crippen LogP contribution is 2.36. The van der Waals surface area contributed by atoms with Gasteiger partial charge in [-0.1, -0.05) is 0 Å². The topological polar surface area (TPSA) is 97.8 Å². The van der Waals surface area contributed by atoms with Crippen LogP contribution in [0, 0.1) is 24.2 Å². The number of rotatable bonds is 5. The quantitative estimate of drug-likeness (QED) is 0.703. The molecule has 3 heterocycles. The van der Waals surface area contributed by atoms with Crippen LogP contribution in [-0.4, -0.2) is 38.1 Å². The summed E-state index contributed by atoms with van der Waals surface area (Å²) in [6.45, 7) is 8.29. The number of carbonyl (C=O) groups is 1. The molecule has 3 aromatic rings. The van der Waals surface area contributed by atoms with Crippen molar-refractivity contribution in [3.63, 3.8) is 0 Å². The van der Waals surface area contributed by atoms with E-state index in [0.717, 1.165) is 33.5 Å². The molecule has 30 heavy (non-hydrogen) atoms. The number of nitriles is 1. The second-order valence-electron chi connectivity index (χ2n) is 8.51. The number of nitrogens with one attached hydrogen (secondary N) is 1. The van der Waals surface area contributed by atoms with Crippen molar-refractivity contribution >= 4 is 16.8 Å². The predicted octanol–water partition coefficient (Wildman–Crippen LogP) is 2.91. The van der Waals surface area contributed by atoms with Crippen LogP contribution in [0.4, 0.5) is 0 Å². The summed E-state index contributed by atoms with van der Waals surface area (Å²) >= 11 is 0. The smallest absolute Gasteiger partial charge is 0.220 e. The van der Waals surface area contributed by atoms with Crippen LogP contribution in [-0.2, 0) is 17.4 Å². The third kappa shape index (κ3) is 3.41. The van der Waals surface area contributed by atoms with E-state index in [9.17, 15) is 10.1 Å². The van der Waals surface area contributed by atoms with E-state index in [0.29, 0.717) is 13.0 Å². The highest BCUT2D eigenvalue weighted by molar-refractivity contribution is 5.92. The minimum absolute atomic E-state index is 0.0689. The normalized spacial score (nSPS) is 17.7. The predicted molar refractivity (Wildman–Crippen MR) is 113 cm³/mol. The lowest BCUT2D eigenvalue weighted by atomic mass is 10.0. The number of ether oxygens (including phenoxy) is 1. The Morgan fingerprint density at radius 2 is 2.13 bits per heavy atom. The van der Waals surface area contributed by atoms with Gasteiger partial charge in [0.15, 0.2) is 0 Å². The van der Waals surface area contributed by atoms with Gasteiger partial charge >= 0.3 is 0 Å². The molecule has 0 radical (unpaired) electrons. The van der Waals surface area contributed by atoms with Gasteiger partial charge in [-0.05, 0) is 45.4 Å². The summed E-state index contributed by atoms with van der Waals surface area (Å²) in [6.07, 6.45) is 3.98. The van der Waals surface area contributed by atoms with Crippen molar-refractivity contribution in [2.24, 2.45) is 13.0 Å². The van der Waals surface area contributed by atoms with Crippen molar-refractivity contribution in [3.05, 3.63) is 30.2 Å². The van der Waals surface area contributed by atoms with Crippen LogP contribution in [0.15, 0.2) is 24.5 Å². The molecule has 0 spiro atoms. The molecule has 4 rings (SSSR count). The average molecular weight is 406 g/mol. The molecule has 2 unspecified atom stereocenters. The van der Waals surface area contributed by atoms with Gasteiger partial charge in [0, 0.05) is 43.4 Å². The Balaban J connectivity index is 1.76. The SMILES string of the molecule is Cc1c2c(OC(C)C3CNC(=O)C3)cc(-c3cnn(C(C)(C)C#N)c3)cc2nn1C. The third-order valence-corrected chi connectivity index (χ3v) is 5.93. The number of fused-ring (bicyclic) bond motifs is 1. The number of carbonyl (C=O) groups excluding carboxylic acids is 1. The van der Waals surface area contributed by atoms with Crippen molar-refractivity contribution < 1.29 is 9.53 Å². The van der Waals surface area contributed by atoms with Crippen LogP contribution < -0.4 is 10.1 Å². The number of nitrogens with zero attached hydrogens (tertiary/aromatic N) is 5. The zero-order chi connectivity index (χ0) is 21.6. The fourth-order valence-electron chi connectivity index (χ4n) is 3.79. The van der Waals surface area contributed by atoms with E-state index in [1.165, 1.54) is 0 Å². The first-order valence-corrected chi connectivity index (χ1v) is 10.1. The van der Waals surface area contributed by atoms with Gasteiger partial charge in [0.2, 0.25) is 5.91 Å². The molecule has 1 saturated heterocycles. The lowest BCUT2D eigenvalue weighted by molar-refractivity contribution is -0.119.